The first-order valence-corrected chi connectivity index (χ1v) is 8.36. The molecular formula is C20H20F3N3O. The standard InChI is InChI=1S/C20H20F3N3O/c1-12-7-15(20(21,22)23)10-18(27-4)19(12)17-9-14-6-5-13(11-26(2)3)8-16(14)24-25-17/h5-10H,11H2,1-4H3. The molecular weight excluding hydrogens is 355 g/mol. The van der Waals surface area contributed by atoms with Crippen LogP contribution in [0.15, 0.2) is 36.4 Å². The molecule has 1 heterocycles. The number of ether oxygens (including phenoxy) is 1. The normalized spacial score (nSPS) is 12.0. The van der Waals surface area contributed by atoms with Gasteiger partial charge in [-0.05, 0) is 56.4 Å². The van der Waals surface area contributed by atoms with Crippen molar-refractivity contribution in [2.24, 2.45) is 0 Å². The highest BCUT2D eigenvalue weighted by molar-refractivity contribution is 5.84. The number of alkyl halides is 3. The third kappa shape index (κ3) is 4.03. The smallest absolute Gasteiger partial charge is 0.416 e. The Bertz CT molecular complexity index is 984. The Labute approximate surface area is 155 Å². The average molecular weight is 375 g/mol. The van der Waals surface area contributed by atoms with Crippen molar-refractivity contribution in [2.75, 3.05) is 21.2 Å². The highest BCUT2D eigenvalue weighted by Crippen LogP contribution is 2.39. The maximum atomic E-state index is 13.1. The summed E-state index contributed by atoms with van der Waals surface area (Å²) >= 11 is 0. The molecule has 0 aliphatic heterocycles. The van der Waals surface area contributed by atoms with Crippen molar-refractivity contribution in [2.45, 2.75) is 19.6 Å². The maximum absolute atomic E-state index is 13.1. The van der Waals surface area contributed by atoms with Crippen LogP contribution in [0.1, 0.15) is 16.7 Å². The third-order valence-corrected chi connectivity index (χ3v) is 4.25. The van der Waals surface area contributed by atoms with E-state index in [1.54, 1.807) is 6.92 Å². The first-order valence-electron chi connectivity index (χ1n) is 8.36. The molecule has 0 bridgehead atoms. The number of aryl methyl sites for hydroxylation is 1. The summed E-state index contributed by atoms with van der Waals surface area (Å²) in [5, 5.41) is 9.37. The molecule has 0 fully saturated rings. The van der Waals surface area contributed by atoms with Gasteiger partial charge >= 0.3 is 6.18 Å². The fraction of sp³-hybridized carbons (Fsp3) is 0.300. The highest BCUT2D eigenvalue weighted by atomic mass is 19.4. The highest BCUT2D eigenvalue weighted by Gasteiger charge is 2.32. The monoisotopic (exact) mass is 375 g/mol. The Morgan fingerprint density at radius 1 is 1.04 bits per heavy atom. The first kappa shape index (κ1) is 19.1. The van der Waals surface area contributed by atoms with Gasteiger partial charge in [-0.1, -0.05) is 12.1 Å². The van der Waals surface area contributed by atoms with Gasteiger partial charge in [0.1, 0.15) is 5.75 Å². The van der Waals surface area contributed by atoms with Gasteiger partial charge in [-0.25, -0.2) is 0 Å². The van der Waals surface area contributed by atoms with Crippen molar-refractivity contribution < 1.29 is 17.9 Å². The van der Waals surface area contributed by atoms with Crippen LogP contribution in [0.5, 0.6) is 5.75 Å². The zero-order valence-corrected chi connectivity index (χ0v) is 15.6. The lowest BCUT2D eigenvalue weighted by atomic mass is 9.99. The van der Waals surface area contributed by atoms with Crippen LogP contribution in [0.3, 0.4) is 0 Å². The molecule has 0 saturated heterocycles. The summed E-state index contributed by atoms with van der Waals surface area (Å²) in [5.74, 6) is 0.125. The zero-order chi connectivity index (χ0) is 19.8. The SMILES string of the molecule is COc1cc(C(F)(F)F)cc(C)c1-c1cc2ccc(CN(C)C)cc2nn1. The maximum Gasteiger partial charge on any atom is 0.416 e. The fourth-order valence-corrected chi connectivity index (χ4v) is 3.08. The zero-order valence-electron chi connectivity index (χ0n) is 15.6. The molecule has 0 aliphatic rings. The molecule has 0 saturated carbocycles. The number of nitrogens with zero attached hydrogens (tertiary/aromatic N) is 3. The molecule has 2 aromatic carbocycles. The minimum atomic E-state index is -4.44. The van der Waals surface area contributed by atoms with Crippen LogP contribution >= 0.6 is 0 Å². The van der Waals surface area contributed by atoms with Crippen molar-refractivity contribution in [1.82, 2.24) is 15.1 Å². The van der Waals surface area contributed by atoms with Gasteiger partial charge in [-0.3, -0.25) is 0 Å². The summed E-state index contributed by atoms with van der Waals surface area (Å²) in [4.78, 5) is 2.05. The van der Waals surface area contributed by atoms with Gasteiger partial charge in [0.05, 0.1) is 23.9 Å². The van der Waals surface area contributed by atoms with Crippen molar-refractivity contribution >= 4 is 10.9 Å². The lowest BCUT2D eigenvalue weighted by molar-refractivity contribution is -0.137. The predicted molar refractivity (Wildman–Crippen MR) is 98.7 cm³/mol. The molecule has 3 aromatic rings. The lowest BCUT2D eigenvalue weighted by Crippen LogP contribution is -2.10. The van der Waals surface area contributed by atoms with E-state index in [9.17, 15) is 13.2 Å². The van der Waals surface area contributed by atoms with E-state index >= 15 is 0 Å². The summed E-state index contributed by atoms with van der Waals surface area (Å²) in [6.07, 6.45) is -4.44. The molecule has 0 aliphatic carbocycles. The van der Waals surface area contributed by atoms with E-state index in [0.29, 0.717) is 16.8 Å². The van der Waals surface area contributed by atoms with Gasteiger partial charge in [-0.2, -0.15) is 13.2 Å². The first-order chi connectivity index (χ1) is 12.7. The van der Waals surface area contributed by atoms with Gasteiger partial charge in [0.2, 0.25) is 0 Å². The number of fused-ring (bicyclic) bond motifs is 1. The largest absolute Gasteiger partial charge is 0.496 e. The predicted octanol–water partition coefficient (Wildman–Crippen LogP) is 4.69. The Hall–Kier alpha value is -2.67. The average Bonchev–Trinajstić information content (AvgIpc) is 2.59. The summed E-state index contributed by atoms with van der Waals surface area (Å²) in [7, 11) is 5.32. The minimum Gasteiger partial charge on any atom is -0.496 e. The summed E-state index contributed by atoms with van der Waals surface area (Å²) in [6, 6.07) is 9.82. The molecule has 0 atom stereocenters. The quantitative estimate of drug-likeness (QED) is 0.663. The van der Waals surface area contributed by atoms with E-state index in [2.05, 4.69) is 15.1 Å². The van der Waals surface area contributed by atoms with Crippen molar-refractivity contribution in [3.05, 3.63) is 53.1 Å². The van der Waals surface area contributed by atoms with E-state index in [1.807, 2.05) is 38.4 Å². The van der Waals surface area contributed by atoms with Crippen molar-refractivity contribution in [3.8, 4) is 17.0 Å². The van der Waals surface area contributed by atoms with Gasteiger partial charge in [0, 0.05) is 17.5 Å². The molecule has 0 amide bonds. The third-order valence-electron chi connectivity index (χ3n) is 4.25. The van der Waals surface area contributed by atoms with Gasteiger partial charge in [0.15, 0.2) is 0 Å². The second-order valence-electron chi connectivity index (χ2n) is 6.73. The second kappa shape index (κ2) is 7.15. The Balaban J connectivity index is 2.09. The topological polar surface area (TPSA) is 38.2 Å². The molecule has 27 heavy (non-hydrogen) atoms. The number of benzene rings is 2. The van der Waals surface area contributed by atoms with Crippen LogP contribution in [0.4, 0.5) is 13.2 Å². The minimum absolute atomic E-state index is 0.125. The van der Waals surface area contributed by atoms with Gasteiger partial charge < -0.3 is 9.64 Å². The van der Waals surface area contributed by atoms with Crippen molar-refractivity contribution in [3.63, 3.8) is 0 Å². The van der Waals surface area contributed by atoms with Crippen LogP contribution in [0.25, 0.3) is 22.2 Å². The molecule has 7 heteroatoms. The van der Waals surface area contributed by atoms with E-state index in [-0.39, 0.29) is 5.75 Å². The molecule has 0 N–H and O–H groups in total. The van der Waals surface area contributed by atoms with Crippen LogP contribution in [0, 0.1) is 6.92 Å². The second-order valence-corrected chi connectivity index (χ2v) is 6.73. The van der Waals surface area contributed by atoms with E-state index in [4.69, 9.17) is 4.74 Å². The number of aromatic nitrogens is 2. The summed E-state index contributed by atoms with van der Waals surface area (Å²) < 4.78 is 44.4. The summed E-state index contributed by atoms with van der Waals surface area (Å²) in [5.41, 5.74) is 2.52. The molecule has 4 nitrogen and oxygen atoms in total. The lowest BCUT2D eigenvalue weighted by Gasteiger charge is -2.15. The van der Waals surface area contributed by atoms with E-state index in [0.717, 1.165) is 35.1 Å². The molecule has 3 rings (SSSR count). The Morgan fingerprint density at radius 3 is 2.41 bits per heavy atom. The van der Waals surface area contributed by atoms with Gasteiger partial charge in [-0.15, -0.1) is 10.2 Å². The number of rotatable bonds is 4. The summed E-state index contributed by atoms with van der Waals surface area (Å²) in [6.45, 7) is 2.39. The molecule has 0 unspecified atom stereocenters. The van der Waals surface area contributed by atoms with Crippen LogP contribution in [0.2, 0.25) is 0 Å². The number of halogens is 3. The van der Waals surface area contributed by atoms with E-state index < -0.39 is 11.7 Å². The van der Waals surface area contributed by atoms with Crippen LogP contribution < -0.4 is 4.74 Å². The molecule has 0 spiro atoms. The van der Waals surface area contributed by atoms with E-state index in [1.165, 1.54) is 7.11 Å². The number of methoxy groups -OCH3 is 1. The fourth-order valence-electron chi connectivity index (χ4n) is 3.08. The van der Waals surface area contributed by atoms with Crippen LogP contribution in [-0.4, -0.2) is 36.3 Å². The number of hydrogen-bond donors (Lipinski definition) is 0. The molecule has 0 radical (unpaired) electrons. The molecule has 142 valence electrons. The van der Waals surface area contributed by atoms with Gasteiger partial charge in [0.25, 0.3) is 0 Å². The van der Waals surface area contributed by atoms with Crippen LogP contribution in [-0.2, 0) is 12.7 Å². The van der Waals surface area contributed by atoms with Crippen molar-refractivity contribution in [1.29, 1.82) is 0 Å². The Morgan fingerprint density at radius 2 is 1.78 bits per heavy atom. The molecule has 1 aromatic heterocycles. The number of hydrogen-bond acceptors (Lipinski definition) is 4. The Kier molecular flexibility index (Phi) is 5.06.